The number of phenolic OH excluding ortho intramolecular Hbond substituents is 1. The zero-order valence-electron chi connectivity index (χ0n) is 23.2. The fourth-order valence-corrected chi connectivity index (χ4v) is 8.68. The van der Waals surface area contributed by atoms with Gasteiger partial charge in [0.15, 0.2) is 0 Å². The molecule has 2 saturated heterocycles. The van der Waals surface area contributed by atoms with Crippen LogP contribution in [0.2, 0.25) is 10.0 Å². The molecule has 2 aliphatic heterocycles. The molecule has 7 rings (SSSR count). The number of aromatic hydroxyl groups is 1. The summed E-state index contributed by atoms with van der Waals surface area (Å²) < 4.78 is 0. The number of carbonyl (C=O) groups excluding carboxylic acids is 4. The Morgan fingerprint density at radius 2 is 1.65 bits per heavy atom. The smallest absolute Gasteiger partial charge is 0.246 e. The minimum atomic E-state index is -1.41. The van der Waals surface area contributed by atoms with Gasteiger partial charge in [0.05, 0.1) is 28.9 Å². The molecule has 4 amide bonds. The number of hydrogen-bond donors (Lipinski definition) is 1. The Balaban J connectivity index is 1.52. The number of nitrogens with zero attached hydrogens (tertiary/aromatic N) is 2. The molecule has 0 bridgehead atoms. The Kier molecular flexibility index (Phi) is 6.52. The molecule has 0 radical (unpaired) electrons. The van der Waals surface area contributed by atoms with Crippen molar-refractivity contribution in [2.45, 2.75) is 31.1 Å². The second-order valence-electron chi connectivity index (χ2n) is 11.7. The molecule has 3 fully saturated rings. The van der Waals surface area contributed by atoms with E-state index in [0.717, 1.165) is 5.57 Å². The summed E-state index contributed by atoms with van der Waals surface area (Å²) in [7, 11) is 0. The first-order valence-electron chi connectivity index (χ1n) is 14.4. The lowest BCUT2D eigenvalue weighted by atomic mass is 9.49. The van der Waals surface area contributed by atoms with Gasteiger partial charge in [0.25, 0.3) is 0 Å². The molecule has 0 aromatic heterocycles. The van der Waals surface area contributed by atoms with Gasteiger partial charge in [-0.3, -0.25) is 24.1 Å². The Hall–Kier alpha value is -3.94. The molecule has 1 saturated carbocycles. The molecule has 2 heterocycles. The molecule has 43 heavy (non-hydrogen) atoms. The molecule has 6 atom stereocenters. The highest BCUT2D eigenvalue weighted by Gasteiger charge is 2.70. The normalized spacial score (nSPS) is 29.8. The molecular weight excluding hydrogens is 587 g/mol. The molecule has 3 aromatic carbocycles. The van der Waals surface area contributed by atoms with Crippen LogP contribution < -0.4 is 4.90 Å². The molecule has 0 spiro atoms. The van der Waals surface area contributed by atoms with Gasteiger partial charge in [-0.2, -0.15) is 0 Å². The van der Waals surface area contributed by atoms with E-state index in [0.29, 0.717) is 28.3 Å². The fourth-order valence-electron chi connectivity index (χ4n) is 8.22. The topological polar surface area (TPSA) is 95.0 Å². The number of halogens is 2. The fraction of sp³-hybridized carbons (Fsp3) is 0.294. The summed E-state index contributed by atoms with van der Waals surface area (Å²) in [6.07, 6.45) is 2.55. The number of hydrogen-bond acceptors (Lipinski definition) is 5. The molecular formula is C34H28Cl2N2O5. The van der Waals surface area contributed by atoms with Crippen LogP contribution in [0.3, 0.4) is 0 Å². The van der Waals surface area contributed by atoms with Crippen molar-refractivity contribution in [1.82, 2.24) is 4.90 Å². The highest BCUT2D eigenvalue weighted by atomic mass is 35.5. The summed E-state index contributed by atoms with van der Waals surface area (Å²) in [5.74, 6) is -4.48. The van der Waals surface area contributed by atoms with Gasteiger partial charge in [0, 0.05) is 22.5 Å². The second-order valence-corrected chi connectivity index (χ2v) is 12.6. The molecule has 2 aliphatic carbocycles. The second kappa shape index (κ2) is 10.1. The number of likely N-dealkylation sites (tertiary alicyclic amines) is 1. The maximum Gasteiger partial charge on any atom is 0.246 e. The standard InChI is InChI=1S/C34H28Cl2N2O5/c1-2-37-30(40)24-14-13-22-25(28(24)32(37)42)17-26-31(41)38(20-10-6-9-19(35)15-20)33(43)34(26,18-7-4-3-5-8-18)29(22)23-12-11-21(39)16-27(23)36/h3-13,15-16,24-26,28-29,39H,2,14,17H2,1H3. The van der Waals surface area contributed by atoms with E-state index < -0.39 is 40.9 Å². The highest BCUT2D eigenvalue weighted by molar-refractivity contribution is 6.33. The predicted octanol–water partition coefficient (Wildman–Crippen LogP) is 5.88. The van der Waals surface area contributed by atoms with E-state index in [2.05, 4.69) is 0 Å². The minimum absolute atomic E-state index is 0.0337. The van der Waals surface area contributed by atoms with Crippen molar-refractivity contribution in [2.75, 3.05) is 11.4 Å². The largest absolute Gasteiger partial charge is 0.508 e. The van der Waals surface area contributed by atoms with Gasteiger partial charge in [-0.05, 0) is 67.1 Å². The zero-order valence-corrected chi connectivity index (χ0v) is 24.8. The van der Waals surface area contributed by atoms with Crippen LogP contribution in [0, 0.1) is 23.7 Å². The van der Waals surface area contributed by atoms with Crippen LogP contribution in [0.25, 0.3) is 0 Å². The van der Waals surface area contributed by atoms with E-state index in [-0.39, 0.29) is 41.5 Å². The van der Waals surface area contributed by atoms with Crippen LogP contribution in [0.5, 0.6) is 5.75 Å². The summed E-state index contributed by atoms with van der Waals surface area (Å²) >= 11 is 13.2. The monoisotopic (exact) mass is 614 g/mol. The molecule has 6 unspecified atom stereocenters. The number of fused-ring (bicyclic) bond motifs is 4. The van der Waals surface area contributed by atoms with Gasteiger partial charge in [-0.25, -0.2) is 4.90 Å². The number of phenols is 1. The molecule has 9 heteroatoms. The van der Waals surface area contributed by atoms with Crippen molar-refractivity contribution in [2.24, 2.45) is 23.7 Å². The van der Waals surface area contributed by atoms with E-state index in [4.69, 9.17) is 23.2 Å². The quantitative estimate of drug-likeness (QED) is 0.292. The van der Waals surface area contributed by atoms with E-state index in [1.54, 1.807) is 37.3 Å². The van der Waals surface area contributed by atoms with Crippen LogP contribution in [-0.4, -0.2) is 40.2 Å². The van der Waals surface area contributed by atoms with E-state index in [1.807, 2.05) is 36.4 Å². The van der Waals surface area contributed by atoms with Gasteiger partial charge in [-0.15, -0.1) is 0 Å². The van der Waals surface area contributed by atoms with Crippen molar-refractivity contribution in [1.29, 1.82) is 0 Å². The summed E-state index contributed by atoms with van der Waals surface area (Å²) in [6, 6.07) is 20.5. The average Bonchev–Trinajstić information content (AvgIpc) is 3.38. The van der Waals surface area contributed by atoms with Gasteiger partial charge in [0.2, 0.25) is 23.6 Å². The van der Waals surface area contributed by atoms with Crippen molar-refractivity contribution in [3.05, 3.63) is 106 Å². The highest BCUT2D eigenvalue weighted by Crippen LogP contribution is 2.65. The maximum absolute atomic E-state index is 15.1. The summed E-state index contributed by atoms with van der Waals surface area (Å²) in [5, 5.41) is 10.9. The lowest BCUT2D eigenvalue weighted by Crippen LogP contribution is -2.53. The first kappa shape index (κ1) is 27.9. The van der Waals surface area contributed by atoms with Crippen molar-refractivity contribution in [3.8, 4) is 5.75 Å². The third-order valence-corrected chi connectivity index (χ3v) is 10.4. The predicted molar refractivity (Wildman–Crippen MR) is 162 cm³/mol. The first-order chi connectivity index (χ1) is 20.7. The Morgan fingerprint density at radius 3 is 2.35 bits per heavy atom. The van der Waals surface area contributed by atoms with Crippen molar-refractivity contribution < 1.29 is 24.3 Å². The lowest BCUT2D eigenvalue weighted by molar-refractivity contribution is -0.140. The number of allylic oxidation sites excluding steroid dienone is 2. The van der Waals surface area contributed by atoms with Gasteiger partial charge in [0.1, 0.15) is 5.75 Å². The summed E-state index contributed by atoms with van der Waals surface area (Å²) in [5.41, 5.74) is 0.999. The lowest BCUT2D eigenvalue weighted by Gasteiger charge is -2.51. The third-order valence-electron chi connectivity index (χ3n) is 9.87. The Bertz CT molecular complexity index is 1740. The van der Waals surface area contributed by atoms with Gasteiger partial charge >= 0.3 is 0 Å². The van der Waals surface area contributed by atoms with E-state index >= 15 is 4.79 Å². The van der Waals surface area contributed by atoms with Crippen molar-refractivity contribution in [3.63, 3.8) is 0 Å². The van der Waals surface area contributed by atoms with Crippen LogP contribution >= 0.6 is 23.2 Å². The number of rotatable bonds is 4. The Labute approximate surface area is 258 Å². The summed E-state index contributed by atoms with van der Waals surface area (Å²) in [6.45, 7) is 2.06. The minimum Gasteiger partial charge on any atom is -0.508 e. The molecule has 7 nitrogen and oxygen atoms in total. The number of carbonyl (C=O) groups is 4. The zero-order chi connectivity index (χ0) is 30.2. The van der Waals surface area contributed by atoms with Crippen LogP contribution in [-0.2, 0) is 24.6 Å². The van der Waals surface area contributed by atoms with Crippen LogP contribution in [0.1, 0.15) is 36.8 Å². The van der Waals surface area contributed by atoms with Crippen LogP contribution in [0.4, 0.5) is 5.69 Å². The third kappa shape index (κ3) is 3.80. The van der Waals surface area contributed by atoms with E-state index in [1.165, 1.54) is 21.9 Å². The molecule has 3 aromatic rings. The van der Waals surface area contributed by atoms with Gasteiger partial charge in [-0.1, -0.05) is 77.3 Å². The molecule has 218 valence electrons. The number of anilines is 1. The van der Waals surface area contributed by atoms with Crippen molar-refractivity contribution >= 4 is 52.5 Å². The van der Waals surface area contributed by atoms with Crippen LogP contribution in [0.15, 0.2) is 84.4 Å². The summed E-state index contributed by atoms with van der Waals surface area (Å²) in [4.78, 5) is 59.2. The van der Waals surface area contributed by atoms with Gasteiger partial charge < -0.3 is 5.11 Å². The average molecular weight is 616 g/mol. The first-order valence-corrected chi connectivity index (χ1v) is 15.2. The number of benzene rings is 3. The number of amides is 4. The molecule has 1 N–H and O–H groups in total. The van der Waals surface area contributed by atoms with E-state index in [9.17, 15) is 19.5 Å². The molecule has 4 aliphatic rings. The number of imide groups is 2. The Morgan fingerprint density at radius 1 is 0.884 bits per heavy atom. The SMILES string of the molecule is CCN1C(=O)C2CC=C3C(CC4C(=O)N(c5cccc(Cl)c5)C(=O)C4(c4ccccc4)C3c3ccc(O)cc3Cl)C2C1=O. The maximum atomic E-state index is 15.1.